The van der Waals surface area contributed by atoms with Gasteiger partial charge in [0.2, 0.25) is 0 Å². The topological polar surface area (TPSA) is 9.23 Å². The van der Waals surface area contributed by atoms with Crippen molar-refractivity contribution in [3.63, 3.8) is 0 Å². The van der Waals surface area contributed by atoms with E-state index in [1.165, 1.54) is 6.07 Å². The highest BCUT2D eigenvalue weighted by Gasteiger charge is 2.24. The van der Waals surface area contributed by atoms with Crippen molar-refractivity contribution in [1.29, 1.82) is 0 Å². The van der Waals surface area contributed by atoms with E-state index in [0.29, 0.717) is 12.4 Å². The Balaban J connectivity index is 2.15. The Hall–Kier alpha value is -1.39. The first-order chi connectivity index (χ1) is 8.25. The van der Waals surface area contributed by atoms with Crippen LogP contribution in [0.1, 0.15) is 9.75 Å². The van der Waals surface area contributed by atoms with Gasteiger partial charge in [0.1, 0.15) is 12.4 Å². The predicted octanol–water partition coefficient (Wildman–Crippen LogP) is 4.40. The maximum absolute atomic E-state index is 13.1. The third kappa shape index (κ3) is 1.83. The summed E-state index contributed by atoms with van der Waals surface area (Å²) in [7, 11) is 0. The molecule has 1 nitrogen and oxygen atoms in total. The van der Waals surface area contributed by atoms with Crippen LogP contribution in [0.15, 0.2) is 42.0 Å². The molecule has 0 saturated carbocycles. The highest BCUT2D eigenvalue weighted by Crippen LogP contribution is 2.41. The number of thiophene rings is 2. The number of halogens is 1. The number of ether oxygens (including phenoxy) is 1. The molecule has 3 heterocycles. The van der Waals surface area contributed by atoms with Crippen molar-refractivity contribution in [2.75, 3.05) is 6.61 Å². The molecule has 0 N–H and O–H groups in total. The van der Waals surface area contributed by atoms with Crippen LogP contribution in [-0.2, 0) is 4.74 Å². The lowest BCUT2D eigenvalue weighted by atomic mass is 10.1. The molecule has 17 heavy (non-hydrogen) atoms. The molecule has 3 rings (SSSR count). The molecule has 1 aliphatic rings. The molecular weight excluding hydrogens is 255 g/mol. The molecule has 0 fully saturated rings. The number of rotatable bonds is 2. The summed E-state index contributed by atoms with van der Waals surface area (Å²) in [6.07, 6.45) is 0. The number of hydrogen-bond donors (Lipinski definition) is 0. The van der Waals surface area contributed by atoms with Crippen molar-refractivity contribution in [1.82, 2.24) is 0 Å². The third-order valence-corrected chi connectivity index (χ3v) is 4.43. The third-order valence-electron chi connectivity index (χ3n) is 2.61. The van der Waals surface area contributed by atoms with E-state index in [0.717, 1.165) is 32.2 Å². The van der Waals surface area contributed by atoms with E-state index in [1.807, 2.05) is 17.5 Å². The quantitative estimate of drug-likeness (QED) is 0.781. The molecule has 2 aromatic rings. The molecule has 0 saturated heterocycles. The largest absolute Gasteiger partial charge is 0.489 e. The first-order valence-corrected chi connectivity index (χ1v) is 6.80. The summed E-state index contributed by atoms with van der Waals surface area (Å²) in [5, 5.41) is 1.84. The van der Waals surface area contributed by atoms with Crippen LogP contribution >= 0.6 is 22.7 Å². The van der Waals surface area contributed by atoms with E-state index >= 15 is 0 Å². The van der Waals surface area contributed by atoms with Crippen molar-refractivity contribution in [3.8, 4) is 0 Å². The fraction of sp³-hybridized carbons (Fsp3) is 0.0769. The van der Waals surface area contributed by atoms with E-state index < -0.39 is 0 Å². The van der Waals surface area contributed by atoms with E-state index in [-0.39, 0.29) is 5.13 Å². The molecule has 0 amide bonds. The van der Waals surface area contributed by atoms with Gasteiger partial charge in [0.25, 0.3) is 0 Å². The van der Waals surface area contributed by atoms with Gasteiger partial charge in [-0.1, -0.05) is 12.6 Å². The average Bonchev–Trinajstić information content (AvgIpc) is 2.97. The van der Waals surface area contributed by atoms with Crippen molar-refractivity contribution < 1.29 is 9.13 Å². The zero-order chi connectivity index (χ0) is 11.8. The highest BCUT2D eigenvalue weighted by molar-refractivity contribution is 7.12. The summed E-state index contributed by atoms with van der Waals surface area (Å²) < 4.78 is 18.6. The molecule has 0 aromatic carbocycles. The van der Waals surface area contributed by atoms with Crippen LogP contribution in [0.2, 0.25) is 0 Å². The van der Waals surface area contributed by atoms with Crippen molar-refractivity contribution in [2.24, 2.45) is 0 Å². The number of allylic oxidation sites excluding steroid dienone is 1. The smallest absolute Gasteiger partial charge is 0.176 e. The van der Waals surface area contributed by atoms with E-state index in [4.69, 9.17) is 4.74 Å². The monoisotopic (exact) mass is 264 g/mol. The zero-order valence-corrected chi connectivity index (χ0v) is 10.5. The van der Waals surface area contributed by atoms with Gasteiger partial charge in [-0.25, -0.2) is 0 Å². The van der Waals surface area contributed by atoms with Gasteiger partial charge in [-0.15, -0.1) is 22.7 Å². The molecular formula is C13H9FOS2. The van der Waals surface area contributed by atoms with Crippen LogP contribution in [0.4, 0.5) is 4.39 Å². The fourth-order valence-corrected chi connectivity index (χ4v) is 3.43. The Morgan fingerprint density at radius 3 is 2.76 bits per heavy atom. The maximum Gasteiger partial charge on any atom is 0.176 e. The summed E-state index contributed by atoms with van der Waals surface area (Å²) in [5.74, 6) is 0.677. The Labute approximate surface area is 106 Å². The molecule has 0 unspecified atom stereocenters. The van der Waals surface area contributed by atoms with Gasteiger partial charge < -0.3 is 4.74 Å². The molecule has 0 radical (unpaired) electrons. The van der Waals surface area contributed by atoms with Crippen molar-refractivity contribution >= 4 is 33.8 Å². The second-order valence-corrected chi connectivity index (χ2v) is 5.63. The second kappa shape index (κ2) is 4.13. The minimum atomic E-state index is -0.171. The Bertz CT molecular complexity index is 593. The first kappa shape index (κ1) is 10.7. The molecule has 4 heteroatoms. The summed E-state index contributed by atoms with van der Waals surface area (Å²) in [6.45, 7) is 4.39. The standard InChI is InChI=1S/C13H9FOS2/c1-8-13(11-3-2-6-16-11)9(7-15-8)10-4-5-12(14)17-10/h2-6H,1,7H2. The van der Waals surface area contributed by atoms with Crippen LogP contribution in [0.5, 0.6) is 0 Å². The van der Waals surface area contributed by atoms with Gasteiger partial charge in [-0.3, -0.25) is 0 Å². The van der Waals surface area contributed by atoms with Crippen LogP contribution < -0.4 is 0 Å². The van der Waals surface area contributed by atoms with Gasteiger partial charge in [0.15, 0.2) is 5.13 Å². The lowest BCUT2D eigenvalue weighted by Crippen LogP contribution is -1.83. The van der Waals surface area contributed by atoms with E-state index in [9.17, 15) is 4.39 Å². The molecule has 86 valence electrons. The van der Waals surface area contributed by atoms with Gasteiger partial charge in [-0.05, 0) is 23.6 Å². The Morgan fingerprint density at radius 1 is 1.24 bits per heavy atom. The van der Waals surface area contributed by atoms with Crippen LogP contribution in [-0.4, -0.2) is 6.61 Å². The Morgan fingerprint density at radius 2 is 2.12 bits per heavy atom. The van der Waals surface area contributed by atoms with Gasteiger partial charge in [-0.2, -0.15) is 4.39 Å². The lowest BCUT2D eigenvalue weighted by Gasteiger charge is -2.00. The van der Waals surface area contributed by atoms with Gasteiger partial charge in [0.05, 0.1) is 0 Å². The van der Waals surface area contributed by atoms with Gasteiger partial charge >= 0.3 is 0 Å². The molecule has 0 atom stereocenters. The molecule has 0 aliphatic carbocycles. The zero-order valence-electron chi connectivity index (χ0n) is 8.90. The average molecular weight is 264 g/mol. The van der Waals surface area contributed by atoms with Crippen LogP contribution in [0.3, 0.4) is 0 Å². The van der Waals surface area contributed by atoms with Crippen molar-refractivity contribution in [3.05, 3.63) is 56.9 Å². The lowest BCUT2D eigenvalue weighted by molar-refractivity contribution is 0.287. The summed E-state index contributed by atoms with van der Waals surface area (Å²) in [4.78, 5) is 2.04. The molecule has 2 aromatic heterocycles. The SMILES string of the molecule is C=C1OCC(c2ccc(F)s2)=C1c1cccs1. The summed E-state index contributed by atoms with van der Waals surface area (Å²) >= 11 is 2.79. The highest BCUT2D eigenvalue weighted by atomic mass is 32.1. The van der Waals surface area contributed by atoms with Crippen LogP contribution in [0.25, 0.3) is 11.1 Å². The fourth-order valence-electron chi connectivity index (χ4n) is 1.85. The normalized spacial score (nSPS) is 15.5. The minimum absolute atomic E-state index is 0.171. The predicted molar refractivity (Wildman–Crippen MR) is 70.5 cm³/mol. The van der Waals surface area contributed by atoms with E-state index in [2.05, 4.69) is 6.58 Å². The summed E-state index contributed by atoms with van der Waals surface area (Å²) in [6, 6.07) is 7.31. The van der Waals surface area contributed by atoms with Gasteiger partial charge in [0, 0.05) is 20.9 Å². The van der Waals surface area contributed by atoms with Crippen molar-refractivity contribution in [2.45, 2.75) is 0 Å². The first-order valence-electron chi connectivity index (χ1n) is 5.10. The second-order valence-electron chi connectivity index (χ2n) is 3.65. The molecule has 0 spiro atoms. The molecule has 0 bridgehead atoms. The summed E-state index contributed by atoms with van der Waals surface area (Å²) in [5.41, 5.74) is 2.05. The molecule has 1 aliphatic heterocycles. The van der Waals surface area contributed by atoms with Crippen LogP contribution in [0, 0.1) is 5.13 Å². The van der Waals surface area contributed by atoms with E-state index in [1.54, 1.807) is 17.4 Å². The Kier molecular flexibility index (Phi) is 2.61. The number of hydrogen-bond acceptors (Lipinski definition) is 3. The maximum atomic E-state index is 13.1. The minimum Gasteiger partial charge on any atom is -0.489 e.